The van der Waals surface area contributed by atoms with E-state index in [4.69, 9.17) is 9.47 Å². The second kappa shape index (κ2) is 7.93. The summed E-state index contributed by atoms with van der Waals surface area (Å²) in [5.41, 5.74) is 1.68. The zero-order chi connectivity index (χ0) is 19.6. The predicted molar refractivity (Wildman–Crippen MR) is 110 cm³/mol. The van der Waals surface area contributed by atoms with E-state index in [2.05, 4.69) is 21.2 Å². The van der Waals surface area contributed by atoms with Crippen molar-refractivity contribution in [1.82, 2.24) is 5.32 Å². The van der Waals surface area contributed by atoms with E-state index < -0.39 is 0 Å². The average molecular weight is 432 g/mol. The molecule has 1 unspecified atom stereocenters. The van der Waals surface area contributed by atoms with E-state index in [1.54, 1.807) is 7.11 Å². The van der Waals surface area contributed by atoms with E-state index in [0.29, 0.717) is 11.5 Å². The highest BCUT2D eigenvalue weighted by Gasteiger charge is 2.51. The van der Waals surface area contributed by atoms with Gasteiger partial charge >= 0.3 is 0 Å². The molecular formula is C22H26BrNO3. The molecule has 144 valence electrons. The van der Waals surface area contributed by atoms with Gasteiger partial charge in [0.1, 0.15) is 0 Å². The lowest BCUT2D eigenvalue weighted by atomic mass is 9.94. The molecule has 1 N–H and O–H groups in total. The van der Waals surface area contributed by atoms with Crippen LogP contribution in [0.3, 0.4) is 0 Å². The number of nitrogens with one attached hydrogen (secondary N) is 1. The van der Waals surface area contributed by atoms with Gasteiger partial charge in [0.05, 0.1) is 24.7 Å². The third-order valence-electron chi connectivity index (χ3n) is 4.98. The summed E-state index contributed by atoms with van der Waals surface area (Å²) in [5, 5.41) is 3.18. The molecule has 4 nitrogen and oxygen atoms in total. The molecule has 1 aliphatic rings. The largest absolute Gasteiger partial charge is 0.493 e. The summed E-state index contributed by atoms with van der Waals surface area (Å²) in [6.07, 6.45) is 1.84. The number of carbonyl (C=O) groups excluding carboxylic acids is 1. The standard InChI is InChI=1S/C22H26BrNO3/c1-14(2)27-19-10-5-16(13-20(19)26-4)15(3)24-21(25)22(11-12-22)17-6-8-18(23)9-7-17/h5-10,13-15H,11-12H2,1-4H3,(H,24,25). The van der Waals surface area contributed by atoms with E-state index in [1.807, 2.05) is 63.2 Å². The molecule has 1 aliphatic carbocycles. The second-order valence-electron chi connectivity index (χ2n) is 7.36. The van der Waals surface area contributed by atoms with Crippen molar-refractivity contribution in [2.24, 2.45) is 0 Å². The van der Waals surface area contributed by atoms with Crippen LogP contribution in [0.25, 0.3) is 0 Å². The Morgan fingerprint density at radius 3 is 2.30 bits per heavy atom. The van der Waals surface area contributed by atoms with Crippen molar-refractivity contribution < 1.29 is 14.3 Å². The van der Waals surface area contributed by atoms with Gasteiger partial charge in [-0.1, -0.05) is 34.1 Å². The molecule has 0 saturated heterocycles. The predicted octanol–water partition coefficient (Wildman–Crippen LogP) is 5.15. The first kappa shape index (κ1) is 19.7. The van der Waals surface area contributed by atoms with Crippen LogP contribution in [0.15, 0.2) is 46.9 Å². The van der Waals surface area contributed by atoms with Crippen LogP contribution in [0, 0.1) is 0 Å². The van der Waals surface area contributed by atoms with Crippen LogP contribution in [0.5, 0.6) is 11.5 Å². The topological polar surface area (TPSA) is 47.6 Å². The highest BCUT2D eigenvalue weighted by molar-refractivity contribution is 9.10. The summed E-state index contributed by atoms with van der Waals surface area (Å²) in [7, 11) is 1.63. The maximum Gasteiger partial charge on any atom is 0.231 e. The zero-order valence-electron chi connectivity index (χ0n) is 16.2. The molecule has 2 aromatic carbocycles. The normalized spacial score (nSPS) is 15.9. The molecule has 1 saturated carbocycles. The van der Waals surface area contributed by atoms with Crippen LogP contribution in [-0.4, -0.2) is 19.1 Å². The summed E-state index contributed by atoms with van der Waals surface area (Å²) in [5.74, 6) is 1.47. The molecule has 0 spiro atoms. The minimum Gasteiger partial charge on any atom is -0.493 e. The molecule has 1 fully saturated rings. The van der Waals surface area contributed by atoms with Gasteiger partial charge in [0.25, 0.3) is 0 Å². The summed E-state index contributed by atoms with van der Waals surface area (Å²) in [6.45, 7) is 5.95. The van der Waals surface area contributed by atoms with Crippen molar-refractivity contribution in [2.75, 3.05) is 7.11 Å². The van der Waals surface area contributed by atoms with E-state index in [-0.39, 0.29) is 23.5 Å². The Morgan fingerprint density at radius 2 is 1.74 bits per heavy atom. The Kier molecular flexibility index (Phi) is 5.80. The Bertz CT molecular complexity index is 813. The Labute approximate surface area is 169 Å². The molecule has 5 heteroatoms. The van der Waals surface area contributed by atoms with Crippen LogP contribution < -0.4 is 14.8 Å². The van der Waals surface area contributed by atoms with Crippen molar-refractivity contribution in [3.8, 4) is 11.5 Å². The van der Waals surface area contributed by atoms with Gasteiger partial charge in [0, 0.05) is 4.47 Å². The smallest absolute Gasteiger partial charge is 0.231 e. The number of hydrogen-bond donors (Lipinski definition) is 1. The average Bonchev–Trinajstić information content (AvgIpc) is 3.44. The molecule has 0 bridgehead atoms. The lowest BCUT2D eigenvalue weighted by Gasteiger charge is -2.21. The van der Waals surface area contributed by atoms with Gasteiger partial charge in [-0.05, 0) is 69.0 Å². The minimum absolute atomic E-state index is 0.0718. The molecule has 0 heterocycles. The first-order valence-corrected chi connectivity index (χ1v) is 10.1. The van der Waals surface area contributed by atoms with Crippen molar-refractivity contribution >= 4 is 21.8 Å². The number of amides is 1. The van der Waals surface area contributed by atoms with Crippen molar-refractivity contribution in [1.29, 1.82) is 0 Å². The molecule has 2 aromatic rings. The molecular weight excluding hydrogens is 406 g/mol. The lowest BCUT2D eigenvalue weighted by Crippen LogP contribution is -2.36. The third-order valence-corrected chi connectivity index (χ3v) is 5.51. The molecule has 0 aliphatic heterocycles. The molecule has 0 radical (unpaired) electrons. The van der Waals surface area contributed by atoms with Gasteiger partial charge in [-0.15, -0.1) is 0 Å². The number of methoxy groups -OCH3 is 1. The van der Waals surface area contributed by atoms with Crippen molar-refractivity contribution in [3.63, 3.8) is 0 Å². The maximum atomic E-state index is 13.0. The number of ether oxygens (including phenoxy) is 2. The third kappa shape index (κ3) is 4.29. The highest BCUT2D eigenvalue weighted by Crippen LogP contribution is 2.49. The minimum atomic E-state index is -0.389. The Balaban J connectivity index is 1.74. The molecule has 1 amide bonds. The first-order chi connectivity index (χ1) is 12.9. The zero-order valence-corrected chi connectivity index (χ0v) is 17.8. The van der Waals surface area contributed by atoms with Gasteiger partial charge in [0.2, 0.25) is 5.91 Å². The van der Waals surface area contributed by atoms with Gasteiger partial charge < -0.3 is 14.8 Å². The van der Waals surface area contributed by atoms with E-state index in [0.717, 1.165) is 28.4 Å². The van der Waals surface area contributed by atoms with Crippen molar-refractivity contribution in [2.45, 2.75) is 51.2 Å². The fourth-order valence-corrected chi connectivity index (χ4v) is 3.53. The number of halogens is 1. The molecule has 3 rings (SSSR count). The van der Waals surface area contributed by atoms with E-state index >= 15 is 0 Å². The fraction of sp³-hybridized carbons (Fsp3) is 0.409. The van der Waals surface area contributed by atoms with Crippen LogP contribution in [0.1, 0.15) is 50.8 Å². The van der Waals surface area contributed by atoms with Crippen LogP contribution in [0.4, 0.5) is 0 Å². The van der Waals surface area contributed by atoms with Gasteiger partial charge in [-0.3, -0.25) is 4.79 Å². The first-order valence-electron chi connectivity index (χ1n) is 9.27. The summed E-state index contributed by atoms with van der Waals surface area (Å²) < 4.78 is 12.2. The van der Waals surface area contributed by atoms with E-state index in [9.17, 15) is 4.79 Å². The van der Waals surface area contributed by atoms with E-state index in [1.165, 1.54) is 0 Å². The Morgan fingerprint density at radius 1 is 1.07 bits per heavy atom. The van der Waals surface area contributed by atoms with Gasteiger partial charge in [0.15, 0.2) is 11.5 Å². The summed E-state index contributed by atoms with van der Waals surface area (Å²) >= 11 is 3.45. The van der Waals surface area contributed by atoms with Crippen molar-refractivity contribution in [3.05, 3.63) is 58.1 Å². The number of rotatable bonds is 7. The molecule has 1 atom stereocenters. The SMILES string of the molecule is COc1cc(C(C)NC(=O)C2(c3ccc(Br)cc3)CC2)ccc1OC(C)C. The lowest BCUT2D eigenvalue weighted by molar-refractivity contribution is -0.124. The monoisotopic (exact) mass is 431 g/mol. The second-order valence-corrected chi connectivity index (χ2v) is 8.28. The van der Waals surface area contributed by atoms with Gasteiger partial charge in [-0.2, -0.15) is 0 Å². The maximum absolute atomic E-state index is 13.0. The highest BCUT2D eigenvalue weighted by atomic mass is 79.9. The number of carbonyl (C=O) groups is 1. The molecule has 27 heavy (non-hydrogen) atoms. The van der Waals surface area contributed by atoms with Gasteiger partial charge in [-0.25, -0.2) is 0 Å². The van der Waals surface area contributed by atoms with Crippen LogP contribution in [0.2, 0.25) is 0 Å². The number of benzene rings is 2. The Hall–Kier alpha value is -2.01. The summed E-state index contributed by atoms with van der Waals surface area (Å²) in [4.78, 5) is 13.0. The molecule has 0 aromatic heterocycles. The number of hydrogen-bond acceptors (Lipinski definition) is 3. The van der Waals surface area contributed by atoms with Crippen LogP contribution in [-0.2, 0) is 10.2 Å². The summed E-state index contributed by atoms with van der Waals surface area (Å²) in [6, 6.07) is 13.7. The quantitative estimate of drug-likeness (QED) is 0.658. The van der Waals surface area contributed by atoms with Crippen LogP contribution >= 0.6 is 15.9 Å². The fourth-order valence-electron chi connectivity index (χ4n) is 3.26.